The highest BCUT2D eigenvalue weighted by molar-refractivity contribution is 6.00. The number of aromatic nitrogens is 1. The topological polar surface area (TPSA) is 82.6 Å². The molecule has 0 spiro atoms. The van der Waals surface area contributed by atoms with Crippen LogP contribution in [0.4, 0.5) is 11.5 Å². The summed E-state index contributed by atoms with van der Waals surface area (Å²) in [5.74, 6) is 0.0536. The second-order valence-corrected chi connectivity index (χ2v) is 8.05. The Labute approximate surface area is 176 Å². The molecule has 1 aromatic carbocycles. The van der Waals surface area contributed by atoms with Gasteiger partial charge in [-0.25, -0.2) is 4.98 Å². The highest BCUT2D eigenvalue weighted by atomic mass is 16.2. The Bertz CT molecular complexity index is 938. The zero-order valence-corrected chi connectivity index (χ0v) is 17.1. The number of nitrogens with one attached hydrogen (secondary N) is 1. The van der Waals surface area contributed by atoms with Gasteiger partial charge in [-0.3, -0.25) is 14.4 Å². The van der Waals surface area contributed by atoms with Crippen LogP contribution in [0.25, 0.3) is 0 Å². The number of aryl methyl sites for hydroxylation is 1. The van der Waals surface area contributed by atoms with Crippen LogP contribution in [0.1, 0.15) is 24.8 Å². The first-order valence-electron chi connectivity index (χ1n) is 10.4. The Balaban J connectivity index is 1.30. The summed E-state index contributed by atoms with van der Waals surface area (Å²) in [6.45, 7) is 3.44. The smallest absolute Gasteiger partial charge is 0.228 e. The van der Waals surface area contributed by atoms with Crippen molar-refractivity contribution in [3.8, 4) is 0 Å². The van der Waals surface area contributed by atoms with Crippen molar-refractivity contribution in [1.29, 1.82) is 0 Å². The number of piperidine rings is 1. The lowest BCUT2D eigenvalue weighted by molar-refractivity contribution is -0.138. The lowest BCUT2D eigenvalue weighted by Gasteiger charge is -2.32. The lowest BCUT2D eigenvalue weighted by Crippen LogP contribution is -2.44. The SMILES string of the molecule is Cc1ccnc(NC(=O)C2CCN(C(=O)C3CC(=O)N(c4ccccc4)C3)CC2)c1. The molecule has 7 heteroatoms. The predicted octanol–water partition coefficient (Wildman–Crippen LogP) is 2.62. The molecule has 4 rings (SSSR count). The molecule has 0 bridgehead atoms. The van der Waals surface area contributed by atoms with Crippen molar-refractivity contribution in [3.05, 3.63) is 54.2 Å². The van der Waals surface area contributed by atoms with Gasteiger partial charge in [0.05, 0.1) is 5.92 Å². The molecular weight excluding hydrogens is 380 g/mol. The van der Waals surface area contributed by atoms with Gasteiger partial charge in [0.1, 0.15) is 5.82 Å². The molecule has 1 N–H and O–H groups in total. The van der Waals surface area contributed by atoms with Crippen molar-refractivity contribution in [2.24, 2.45) is 11.8 Å². The Morgan fingerprint density at radius 2 is 1.80 bits per heavy atom. The maximum atomic E-state index is 13.0. The number of hydrogen-bond donors (Lipinski definition) is 1. The van der Waals surface area contributed by atoms with E-state index in [0.717, 1.165) is 11.3 Å². The average Bonchev–Trinajstić information content (AvgIpc) is 3.15. The van der Waals surface area contributed by atoms with Crippen LogP contribution in [0.3, 0.4) is 0 Å². The Morgan fingerprint density at radius 3 is 2.50 bits per heavy atom. The number of carbonyl (C=O) groups excluding carboxylic acids is 3. The molecule has 0 radical (unpaired) electrons. The van der Waals surface area contributed by atoms with E-state index in [1.807, 2.05) is 49.4 Å². The van der Waals surface area contributed by atoms with Gasteiger partial charge in [-0.1, -0.05) is 18.2 Å². The van der Waals surface area contributed by atoms with Gasteiger partial charge in [-0.05, 0) is 49.6 Å². The normalized spacial score (nSPS) is 19.8. The third-order valence-corrected chi connectivity index (χ3v) is 5.89. The molecule has 2 aliphatic heterocycles. The van der Waals surface area contributed by atoms with Gasteiger partial charge in [-0.15, -0.1) is 0 Å². The summed E-state index contributed by atoms with van der Waals surface area (Å²) in [7, 11) is 0. The standard InChI is InChI=1S/C23H26N4O3/c1-16-7-10-24-20(13-16)25-22(29)17-8-11-26(12-9-17)23(30)18-14-21(28)27(15-18)19-5-3-2-4-6-19/h2-7,10,13,17-18H,8-9,11-12,14-15H2,1H3,(H,24,25,29). The first-order valence-corrected chi connectivity index (χ1v) is 10.4. The number of amides is 3. The van der Waals surface area contributed by atoms with Gasteiger partial charge in [0.15, 0.2) is 0 Å². The minimum absolute atomic E-state index is 0.0144. The number of para-hydroxylation sites is 1. The summed E-state index contributed by atoms with van der Waals surface area (Å²) in [6.07, 6.45) is 3.15. The van der Waals surface area contributed by atoms with Crippen LogP contribution < -0.4 is 10.2 Å². The number of anilines is 2. The van der Waals surface area contributed by atoms with Gasteiger partial charge in [0, 0.05) is 43.9 Å². The van der Waals surface area contributed by atoms with Gasteiger partial charge in [-0.2, -0.15) is 0 Å². The van der Waals surface area contributed by atoms with E-state index in [9.17, 15) is 14.4 Å². The number of carbonyl (C=O) groups is 3. The molecule has 1 unspecified atom stereocenters. The van der Waals surface area contributed by atoms with Crippen molar-refractivity contribution in [1.82, 2.24) is 9.88 Å². The third-order valence-electron chi connectivity index (χ3n) is 5.89. The number of pyridine rings is 1. The van der Waals surface area contributed by atoms with Gasteiger partial charge >= 0.3 is 0 Å². The van der Waals surface area contributed by atoms with E-state index in [-0.39, 0.29) is 36.0 Å². The van der Waals surface area contributed by atoms with Crippen LogP contribution in [0, 0.1) is 18.8 Å². The molecule has 3 amide bonds. The molecule has 156 valence electrons. The molecule has 2 fully saturated rings. The average molecular weight is 406 g/mol. The zero-order valence-electron chi connectivity index (χ0n) is 17.1. The Kier molecular flexibility index (Phi) is 5.79. The number of rotatable bonds is 4. The largest absolute Gasteiger partial charge is 0.342 e. The quantitative estimate of drug-likeness (QED) is 0.846. The fraction of sp³-hybridized carbons (Fsp3) is 0.391. The summed E-state index contributed by atoms with van der Waals surface area (Å²) >= 11 is 0. The lowest BCUT2D eigenvalue weighted by atomic mass is 9.94. The number of nitrogens with zero attached hydrogens (tertiary/aromatic N) is 3. The van der Waals surface area contributed by atoms with Crippen LogP contribution in [0.2, 0.25) is 0 Å². The monoisotopic (exact) mass is 406 g/mol. The van der Waals surface area contributed by atoms with Crippen LogP contribution in [-0.2, 0) is 14.4 Å². The fourth-order valence-electron chi connectivity index (χ4n) is 4.18. The van der Waals surface area contributed by atoms with E-state index in [0.29, 0.717) is 38.3 Å². The second-order valence-electron chi connectivity index (χ2n) is 8.05. The minimum Gasteiger partial charge on any atom is -0.342 e. The molecule has 7 nitrogen and oxygen atoms in total. The summed E-state index contributed by atoms with van der Waals surface area (Å²) in [5, 5.41) is 2.88. The van der Waals surface area contributed by atoms with Crippen molar-refractivity contribution < 1.29 is 14.4 Å². The molecule has 0 saturated carbocycles. The van der Waals surface area contributed by atoms with E-state index < -0.39 is 0 Å². The van der Waals surface area contributed by atoms with E-state index in [1.165, 1.54) is 0 Å². The van der Waals surface area contributed by atoms with Crippen molar-refractivity contribution in [2.75, 3.05) is 29.9 Å². The second kappa shape index (κ2) is 8.65. The maximum absolute atomic E-state index is 13.0. The van der Waals surface area contributed by atoms with Gasteiger partial charge in [0.2, 0.25) is 17.7 Å². The summed E-state index contributed by atoms with van der Waals surface area (Å²) in [5.41, 5.74) is 1.87. The van der Waals surface area contributed by atoms with Crippen molar-refractivity contribution >= 4 is 29.2 Å². The van der Waals surface area contributed by atoms with E-state index in [1.54, 1.807) is 16.0 Å². The summed E-state index contributed by atoms with van der Waals surface area (Å²) in [4.78, 5) is 45.6. The molecule has 0 aliphatic carbocycles. The first kappa shape index (κ1) is 20.1. The maximum Gasteiger partial charge on any atom is 0.228 e. The van der Waals surface area contributed by atoms with Crippen LogP contribution in [0.15, 0.2) is 48.7 Å². The molecular formula is C23H26N4O3. The number of benzene rings is 1. The zero-order chi connectivity index (χ0) is 21.1. The Hall–Kier alpha value is -3.22. The highest BCUT2D eigenvalue weighted by Gasteiger charge is 2.38. The van der Waals surface area contributed by atoms with E-state index in [4.69, 9.17) is 0 Å². The minimum atomic E-state index is -0.320. The first-order chi connectivity index (χ1) is 14.5. The van der Waals surface area contributed by atoms with Crippen LogP contribution in [0.5, 0.6) is 0 Å². The predicted molar refractivity (Wildman–Crippen MR) is 114 cm³/mol. The molecule has 1 atom stereocenters. The van der Waals surface area contributed by atoms with Gasteiger partial charge < -0.3 is 15.1 Å². The fourth-order valence-corrected chi connectivity index (χ4v) is 4.18. The summed E-state index contributed by atoms with van der Waals surface area (Å²) < 4.78 is 0. The molecule has 3 heterocycles. The Morgan fingerprint density at radius 1 is 1.07 bits per heavy atom. The van der Waals surface area contributed by atoms with Gasteiger partial charge in [0.25, 0.3) is 0 Å². The van der Waals surface area contributed by atoms with Crippen LogP contribution in [-0.4, -0.2) is 47.2 Å². The van der Waals surface area contributed by atoms with E-state index >= 15 is 0 Å². The number of likely N-dealkylation sites (tertiary alicyclic amines) is 1. The van der Waals surface area contributed by atoms with E-state index in [2.05, 4.69) is 10.3 Å². The molecule has 30 heavy (non-hydrogen) atoms. The van der Waals surface area contributed by atoms with Crippen molar-refractivity contribution in [3.63, 3.8) is 0 Å². The molecule has 2 aliphatic rings. The van der Waals surface area contributed by atoms with Crippen molar-refractivity contribution in [2.45, 2.75) is 26.2 Å². The third kappa shape index (κ3) is 4.35. The molecule has 1 aromatic heterocycles. The molecule has 2 aromatic rings. The highest BCUT2D eigenvalue weighted by Crippen LogP contribution is 2.28. The van der Waals surface area contributed by atoms with Crippen LogP contribution >= 0.6 is 0 Å². The number of hydrogen-bond acceptors (Lipinski definition) is 4. The molecule has 2 saturated heterocycles. The summed E-state index contributed by atoms with van der Waals surface area (Å²) in [6, 6.07) is 13.2.